The third-order valence-electron chi connectivity index (χ3n) is 4.20. The molecule has 0 unspecified atom stereocenters. The Labute approximate surface area is 152 Å². The molecule has 1 aromatic heterocycles. The summed E-state index contributed by atoms with van der Waals surface area (Å²) in [5.74, 6) is -0.0706. The molecule has 2 rings (SSSR count). The number of carbonyl (C=O) groups excluding carboxylic acids is 2. The Morgan fingerprint density at radius 2 is 1.80 bits per heavy atom. The molecule has 0 saturated carbocycles. The number of benzene rings is 1. The number of ketones is 1. The summed E-state index contributed by atoms with van der Waals surface area (Å²) in [6.07, 6.45) is -0.697. The van der Waals surface area contributed by atoms with Crippen LogP contribution in [0.2, 0.25) is 5.02 Å². The molecule has 134 valence electrons. The third-order valence-corrected chi connectivity index (χ3v) is 4.46. The first-order chi connectivity index (χ1) is 11.8. The normalized spacial score (nSPS) is 11.9. The maximum absolute atomic E-state index is 12.9. The van der Waals surface area contributed by atoms with E-state index in [0.29, 0.717) is 34.1 Å². The number of Topliss-reactive ketones (excluding diaryl/α,β-unsaturated/α-hetero) is 1. The standard InChI is InChI=1S/C19H22ClNO4/c1-6-21-12(3)16(11(2)17(21)19(23)24-5)18(22)13(4)25-15-9-7-14(20)8-10-15/h7-10,13H,6H2,1-5H3/t13-/m1/s1. The minimum atomic E-state index is -0.697. The van der Waals surface area contributed by atoms with Gasteiger partial charge in [0, 0.05) is 22.8 Å². The number of nitrogens with zero attached hydrogens (tertiary/aromatic N) is 1. The fourth-order valence-corrected chi connectivity index (χ4v) is 3.11. The van der Waals surface area contributed by atoms with Crippen molar-refractivity contribution in [1.29, 1.82) is 0 Å². The lowest BCUT2D eigenvalue weighted by Gasteiger charge is -2.14. The number of halogens is 1. The molecule has 0 spiro atoms. The molecule has 1 heterocycles. The average Bonchev–Trinajstić information content (AvgIpc) is 2.85. The van der Waals surface area contributed by atoms with Crippen LogP contribution in [0.3, 0.4) is 0 Å². The predicted molar refractivity (Wildman–Crippen MR) is 96.8 cm³/mol. The summed E-state index contributed by atoms with van der Waals surface area (Å²) >= 11 is 5.86. The van der Waals surface area contributed by atoms with Gasteiger partial charge in [-0.2, -0.15) is 0 Å². The van der Waals surface area contributed by atoms with E-state index < -0.39 is 12.1 Å². The van der Waals surface area contributed by atoms with Gasteiger partial charge >= 0.3 is 5.97 Å². The van der Waals surface area contributed by atoms with Crippen molar-refractivity contribution in [3.63, 3.8) is 0 Å². The van der Waals surface area contributed by atoms with Crippen LogP contribution in [0.5, 0.6) is 5.75 Å². The SMILES string of the molecule is CCn1c(C)c(C(=O)[C@@H](C)Oc2ccc(Cl)cc2)c(C)c1C(=O)OC. The molecule has 0 N–H and O–H groups in total. The molecule has 6 heteroatoms. The minimum Gasteiger partial charge on any atom is -0.483 e. The number of methoxy groups -OCH3 is 1. The molecule has 25 heavy (non-hydrogen) atoms. The van der Waals surface area contributed by atoms with Gasteiger partial charge in [0.2, 0.25) is 5.78 Å². The summed E-state index contributed by atoms with van der Waals surface area (Å²) in [5.41, 5.74) is 2.26. The zero-order valence-corrected chi connectivity index (χ0v) is 15.8. The molecule has 0 saturated heterocycles. The Morgan fingerprint density at radius 3 is 2.32 bits per heavy atom. The maximum atomic E-state index is 12.9. The number of esters is 1. The second-order valence-corrected chi connectivity index (χ2v) is 6.18. The van der Waals surface area contributed by atoms with Crippen molar-refractivity contribution in [1.82, 2.24) is 4.57 Å². The topological polar surface area (TPSA) is 57.5 Å². The number of hydrogen-bond acceptors (Lipinski definition) is 4. The van der Waals surface area contributed by atoms with Crippen molar-refractivity contribution < 1.29 is 19.1 Å². The second-order valence-electron chi connectivity index (χ2n) is 5.75. The highest BCUT2D eigenvalue weighted by Gasteiger charge is 2.29. The molecule has 1 atom stereocenters. The van der Waals surface area contributed by atoms with Crippen LogP contribution in [0.4, 0.5) is 0 Å². The molecule has 0 fully saturated rings. The van der Waals surface area contributed by atoms with Gasteiger partial charge in [-0.25, -0.2) is 4.79 Å². The summed E-state index contributed by atoms with van der Waals surface area (Å²) in [4.78, 5) is 25.0. The van der Waals surface area contributed by atoms with Gasteiger partial charge in [0.1, 0.15) is 11.4 Å². The molecule has 0 aliphatic heterocycles. The first-order valence-corrected chi connectivity index (χ1v) is 8.44. The highest BCUT2D eigenvalue weighted by molar-refractivity contribution is 6.30. The van der Waals surface area contributed by atoms with Crippen molar-refractivity contribution in [2.24, 2.45) is 0 Å². The Morgan fingerprint density at radius 1 is 1.20 bits per heavy atom. The van der Waals surface area contributed by atoms with Crippen LogP contribution in [0, 0.1) is 13.8 Å². The van der Waals surface area contributed by atoms with Crippen molar-refractivity contribution in [3.05, 3.63) is 51.8 Å². The lowest BCUT2D eigenvalue weighted by atomic mass is 10.0. The number of hydrogen-bond donors (Lipinski definition) is 0. The lowest BCUT2D eigenvalue weighted by Crippen LogP contribution is -2.25. The van der Waals surface area contributed by atoms with Crippen LogP contribution < -0.4 is 4.74 Å². The molecule has 0 radical (unpaired) electrons. The van der Waals surface area contributed by atoms with E-state index in [2.05, 4.69) is 0 Å². The molecule has 2 aromatic rings. The molecule has 0 aliphatic rings. The van der Waals surface area contributed by atoms with Crippen molar-refractivity contribution in [2.75, 3.05) is 7.11 Å². The van der Waals surface area contributed by atoms with E-state index in [1.807, 2.05) is 13.8 Å². The van der Waals surface area contributed by atoms with Crippen LogP contribution in [0.1, 0.15) is 46.0 Å². The van der Waals surface area contributed by atoms with Gasteiger partial charge in [-0.15, -0.1) is 0 Å². The van der Waals surface area contributed by atoms with Crippen LogP contribution in [0.25, 0.3) is 0 Å². The summed E-state index contributed by atoms with van der Waals surface area (Å²) in [6.45, 7) is 7.76. The van der Waals surface area contributed by atoms with Crippen LogP contribution in [-0.4, -0.2) is 29.5 Å². The van der Waals surface area contributed by atoms with Gasteiger partial charge in [0.15, 0.2) is 6.10 Å². The molecule has 1 aromatic carbocycles. The smallest absolute Gasteiger partial charge is 0.354 e. The van der Waals surface area contributed by atoms with E-state index in [4.69, 9.17) is 21.1 Å². The van der Waals surface area contributed by atoms with E-state index in [-0.39, 0.29) is 5.78 Å². The fourth-order valence-electron chi connectivity index (χ4n) is 2.99. The van der Waals surface area contributed by atoms with Crippen LogP contribution >= 0.6 is 11.6 Å². The van der Waals surface area contributed by atoms with E-state index in [1.165, 1.54) is 7.11 Å². The van der Waals surface area contributed by atoms with E-state index in [1.54, 1.807) is 42.7 Å². The Bertz CT molecular complexity index is 793. The van der Waals surface area contributed by atoms with Crippen molar-refractivity contribution >= 4 is 23.4 Å². The highest BCUT2D eigenvalue weighted by atomic mass is 35.5. The Kier molecular flexibility index (Phi) is 5.90. The Hall–Kier alpha value is -2.27. The largest absolute Gasteiger partial charge is 0.483 e. The molecule has 0 aliphatic carbocycles. The first kappa shape index (κ1) is 19.1. The minimum absolute atomic E-state index is 0.178. The lowest BCUT2D eigenvalue weighted by molar-refractivity contribution is 0.0587. The van der Waals surface area contributed by atoms with Crippen LogP contribution in [-0.2, 0) is 11.3 Å². The zero-order valence-electron chi connectivity index (χ0n) is 15.1. The van der Waals surface area contributed by atoms with Gasteiger partial charge in [0.25, 0.3) is 0 Å². The number of carbonyl (C=O) groups is 2. The van der Waals surface area contributed by atoms with Gasteiger partial charge in [-0.05, 0) is 57.5 Å². The quantitative estimate of drug-likeness (QED) is 0.569. The van der Waals surface area contributed by atoms with Crippen molar-refractivity contribution in [3.8, 4) is 5.75 Å². The summed E-state index contributed by atoms with van der Waals surface area (Å²) in [5, 5.41) is 0.598. The fraction of sp³-hybridized carbons (Fsp3) is 0.368. The number of aromatic nitrogens is 1. The third kappa shape index (κ3) is 3.71. The zero-order chi connectivity index (χ0) is 18.7. The molecule has 5 nitrogen and oxygen atoms in total. The first-order valence-electron chi connectivity index (χ1n) is 8.06. The van der Waals surface area contributed by atoms with Crippen LogP contribution in [0.15, 0.2) is 24.3 Å². The van der Waals surface area contributed by atoms with Gasteiger partial charge in [0.05, 0.1) is 7.11 Å². The summed E-state index contributed by atoms with van der Waals surface area (Å²) < 4.78 is 12.4. The van der Waals surface area contributed by atoms with Gasteiger partial charge in [-0.1, -0.05) is 11.6 Å². The second kappa shape index (κ2) is 7.74. The maximum Gasteiger partial charge on any atom is 0.354 e. The average molecular weight is 364 g/mol. The molecule has 0 amide bonds. The monoisotopic (exact) mass is 363 g/mol. The molecular weight excluding hydrogens is 342 g/mol. The van der Waals surface area contributed by atoms with Crippen molar-refractivity contribution in [2.45, 2.75) is 40.3 Å². The van der Waals surface area contributed by atoms with E-state index in [9.17, 15) is 9.59 Å². The Balaban J connectivity index is 2.36. The predicted octanol–water partition coefficient (Wildman–Crippen LogP) is 4.22. The summed E-state index contributed by atoms with van der Waals surface area (Å²) in [6, 6.07) is 6.83. The molecule has 0 bridgehead atoms. The summed E-state index contributed by atoms with van der Waals surface area (Å²) in [7, 11) is 1.33. The van der Waals surface area contributed by atoms with E-state index in [0.717, 1.165) is 5.69 Å². The van der Waals surface area contributed by atoms with E-state index >= 15 is 0 Å². The number of ether oxygens (including phenoxy) is 2. The highest BCUT2D eigenvalue weighted by Crippen LogP contribution is 2.26. The van der Waals surface area contributed by atoms with Gasteiger partial charge < -0.3 is 14.0 Å². The number of rotatable bonds is 6. The van der Waals surface area contributed by atoms with Gasteiger partial charge in [-0.3, -0.25) is 4.79 Å². The molecular formula is C19H22ClNO4.